The van der Waals surface area contributed by atoms with Gasteiger partial charge in [0.25, 0.3) is 0 Å². The van der Waals surface area contributed by atoms with Gasteiger partial charge in [0.1, 0.15) is 0 Å². The maximum atomic E-state index is 12.6. The Labute approximate surface area is 149 Å². The maximum Gasteiger partial charge on any atom is 0.222 e. The highest BCUT2D eigenvalue weighted by Crippen LogP contribution is 2.27. The summed E-state index contributed by atoms with van der Waals surface area (Å²) >= 11 is 1.78. The van der Waals surface area contributed by atoms with E-state index in [1.54, 1.807) is 11.3 Å². The molecule has 0 saturated carbocycles. The van der Waals surface area contributed by atoms with Crippen LogP contribution in [0, 0.1) is 5.92 Å². The number of carbonyl (C=O) groups excluding carboxylic acids is 1. The molecule has 0 radical (unpaired) electrons. The molecule has 2 unspecified atom stereocenters. The summed E-state index contributed by atoms with van der Waals surface area (Å²) < 4.78 is 5.49. The summed E-state index contributed by atoms with van der Waals surface area (Å²) in [6.45, 7) is 6.40. The lowest BCUT2D eigenvalue weighted by atomic mass is 10.0. The Morgan fingerprint density at radius 3 is 3.00 bits per heavy atom. The molecular weight excluding hydrogens is 322 g/mol. The van der Waals surface area contributed by atoms with Gasteiger partial charge < -0.3 is 15.0 Å². The fourth-order valence-electron chi connectivity index (χ4n) is 3.60. The van der Waals surface area contributed by atoms with Crippen LogP contribution >= 0.6 is 11.3 Å². The van der Waals surface area contributed by atoms with Crippen molar-refractivity contribution in [2.45, 2.75) is 25.3 Å². The third kappa shape index (κ3) is 4.79. The number of amides is 1. The standard InChI is InChI=1S/C18H29N3O2S/c1-20(18(22)5-4-15-6-7-19-13-15)14-16(17-3-2-12-24-17)21-8-10-23-11-9-21/h2-3,12,15-16,19H,4-11,13-14H2,1H3. The average molecular weight is 352 g/mol. The van der Waals surface area contributed by atoms with Crippen LogP contribution in [0.2, 0.25) is 0 Å². The molecule has 3 rings (SSSR count). The molecule has 1 aromatic rings. The van der Waals surface area contributed by atoms with E-state index in [0.717, 1.165) is 52.4 Å². The van der Waals surface area contributed by atoms with Gasteiger partial charge in [-0.25, -0.2) is 0 Å². The Morgan fingerprint density at radius 2 is 2.33 bits per heavy atom. The van der Waals surface area contributed by atoms with E-state index in [1.165, 1.54) is 11.3 Å². The molecule has 134 valence electrons. The second-order valence-corrected chi connectivity index (χ2v) is 7.83. The molecule has 2 saturated heterocycles. The zero-order valence-corrected chi connectivity index (χ0v) is 15.4. The lowest BCUT2D eigenvalue weighted by Crippen LogP contribution is -2.44. The Bertz CT molecular complexity index is 496. The number of thiophene rings is 1. The number of rotatable bonds is 7. The first-order valence-electron chi connectivity index (χ1n) is 9.04. The van der Waals surface area contributed by atoms with Gasteiger partial charge in [-0.1, -0.05) is 6.07 Å². The van der Waals surface area contributed by atoms with Crippen LogP contribution in [0.25, 0.3) is 0 Å². The van der Waals surface area contributed by atoms with Crippen molar-refractivity contribution in [1.82, 2.24) is 15.1 Å². The van der Waals surface area contributed by atoms with Gasteiger partial charge in [-0.3, -0.25) is 9.69 Å². The Hall–Kier alpha value is -0.950. The number of ether oxygens (including phenoxy) is 1. The fourth-order valence-corrected chi connectivity index (χ4v) is 4.45. The van der Waals surface area contributed by atoms with Gasteiger partial charge in [-0.05, 0) is 43.3 Å². The van der Waals surface area contributed by atoms with Crippen LogP contribution in [-0.4, -0.2) is 68.7 Å². The van der Waals surface area contributed by atoms with Crippen molar-refractivity contribution < 1.29 is 9.53 Å². The highest BCUT2D eigenvalue weighted by molar-refractivity contribution is 7.10. The van der Waals surface area contributed by atoms with Crippen LogP contribution in [-0.2, 0) is 9.53 Å². The lowest BCUT2D eigenvalue weighted by molar-refractivity contribution is -0.131. The van der Waals surface area contributed by atoms with Gasteiger partial charge in [-0.15, -0.1) is 11.3 Å². The topological polar surface area (TPSA) is 44.8 Å². The van der Waals surface area contributed by atoms with Crippen LogP contribution in [0.4, 0.5) is 0 Å². The molecule has 3 heterocycles. The van der Waals surface area contributed by atoms with E-state index in [1.807, 2.05) is 11.9 Å². The van der Waals surface area contributed by atoms with Crippen molar-refractivity contribution in [3.63, 3.8) is 0 Å². The van der Waals surface area contributed by atoms with Gasteiger partial charge in [0.2, 0.25) is 5.91 Å². The lowest BCUT2D eigenvalue weighted by Gasteiger charge is -2.36. The molecule has 1 amide bonds. The first-order chi connectivity index (χ1) is 11.7. The van der Waals surface area contributed by atoms with E-state index in [0.29, 0.717) is 12.3 Å². The summed E-state index contributed by atoms with van der Waals surface area (Å²) in [5, 5.41) is 5.50. The van der Waals surface area contributed by atoms with Crippen LogP contribution < -0.4 is 5.32 Å². The minimum Gasteiger partial charge on any atom is -0.379 e. The van der Waals surface area contributed by atoms with Gasteiger partial charge in [0.05, 0.1) is 19.3 Å². The van der Waals surface area contributed by atoms with E-state index in [2.05, 4.69) is 27.7 Å². The first-order valence-corrected chi connectivity index (χ1v) is 9.92. The molecule has 6 heteroatoms. The summed E-state index contributed by atoms with van der Waals surface area (Å²) in [7, 11) is 1.95. The third-order valence-corrected chi connectivity index (χ3v) is 6.13. The van der Waals surface area contributed by atoms with Crippen LogP contribution in [0.3, 0.4) is 0 Å². The van der Waals surface area contributed by atoms with Gasteiger partial charge in [0, 0.05) is 38.0 Å². The predicted molar refractivity (Wildman–Crippen MR) is 97.3 cm³/mol. The van der Waals surface area contributed by atoms with Crippen molar-refractivity contribution in [2.24, 2.45) is 5.92 Å². The minimum atomic E-state index is 0.275. The largest absolute Gasteiger partial charge is 0.379 e. The molecule has 2 atom stereocenters. The molecule has 2 aliphatic rings. The van der Waals surface area contributed by atoms with E-state index >= 15 is 0 Å². The Kier molecular flexibility index (Phi) is 6.66. The SMILES string of the molecule is CN(CC(c1cccs1)N1CCOCC1)C(=O)CCC1CCNC1. The molecular formula is C18H29N3O2S. The highest BCUT2D eigenvalue weighted by atomic mass is 32.1. The number of carbonyl (C=O) groups is 1. The highest BCUT2D eigenvalue weighted by Gasteiger charge is 2.26. The van der Waals surface area contributed by atoms with Crippen molar-refractivity contribution in [3.8, 4) is 0 Å². The molecule has 0 aromatic carbocycles. The number of likely N-dealkylation sites (N-methyl/N-ethyl adjacent to an activating group) is 1. The molecule has 1 N–H and O–H groups in total. The molecule has 0 bridgehead atoms. The van der Waals surface area contributed by atoms with E-state index in [9.17, 15) is 4.79 Å². The molecule has 1 aromatic heterocycles. The van der Waals surface area contributed by atoms with E-state index in [4.69, 9.17) is 4.74 Å². The molecule has 5 nitrogen and oxygen atoms in total. The maximum absolute atomic E-state index is 12.6. The molecule has 2 fully saturated rings. The minimum absolute atomic E-state index is 0.275. The third-order valence-electron chi connectivity index (χ3n) is 5.16. The zero-order valence-electron chi connectivity index (χ0n) is 14.6. The van der Waals surface area contributed by atoms with Crippen LogP contribution in [0.5, 0.6) is 0 Å². The van der Waals surface area contributed by atoms with Crippen molar-refractivity contribution in [1.29, 1.82) is 0 Å². The predicted octanol–water partition coefficient (Wildman–Crippen LogP) is 1.97. The Morgan fingerprint density at radius 1 is 1.50 bits per heavy atom. The van der Waals surface area contributed by atoms with Crippen LogP contribution in [0.1, 0.15) is 30.2 Å². The number of nitrogens with zero attached hydrogens (tertiary/aromatic N) is 2. The van der Waals surface area contributed by atoms with E-state index in [-0.39, 0.29) is 11.9 Å². The summed E-state index contributed by atoms with van der Waals surface area (Å²) in [5.74, 6) is 0.950. The number of nitrogens with one attached hydrogen (secondary N) is 1. The van der Waals surface area contributed by atoms with E-state index < -0.39 is 0 Å². The quantitative estimate of drug-likeness (QED) is 0.816. The van der Waals surface area contributed by atoms with Gasteiger partial charge >= 0.3 is 0 Å². The fraction of sp³-hybridized carbons (Fsp3) is 0.722. The smallest absolute Gasteiger partial charge is 0.222 e. The normalized spacial score (nSPS) is 23.3. The number of hydrogen-bond acceptors (Lipinski definition) is 5. The van der Waals surface area contributed by atoms with Gasteiger partial charge in [-0.2, -0.15) is 0 Å². The molecule has 0 aliphatic carbocycles. The van der Waals surface area contributed by atoms with Crippen molar-refractivity contribution >= 4 is 17.2 Å². The average Bonchev–Trinajstić information content (AvgIpc) is 3.31. The summed E-state index contributed by atoms with van der Waals surface area (Å²) in [4.78, 5) is 18.3. The Balaban J connectivity index is 1.55. The first kappa shape index (κ1) is 17.9. The summed E-state index contributed by atoms with van der Waals surface area (Å²) in [5.41, 5.74) is 0. The van der Waals surface area contributed by atoms with Crippen LogP contribution in [0.15, 0.2) is 17.5 Å². The second kappa shape index (κ2) is 8.94. The summed E-state index contributed by atoms with van der Waals surface area (Å²) in [6, 6.07) is 4.58. The monoisotopic (exact) mass is 351 g/mol. The van der Waals surface area contributed by atoms with Crippen molar-refractivity contribution in [3.05, 3.63) is 22.4 Å². The molecule has 2 aliphatic heterocycles. The number of morpholine rings is 1. The second-order valence-electron chi connectivity index (χ2n) is 6.85. The molecule has 0 spiro atoms. The zero-order chi connectivity index (χ0) is 16.8. The number of hydrogen-bond donors (Lipinski definition) is 1. The van der Waals surface area contributed by atoms with Crippen molar-refractivity contribution in [2.75, 3.05) is 53.0 Å². The summed E-state index contributed by atoms with van der Waals surface area (Å²) in [6.07, 6.45) is 2.89. The van der Waals surface area contributed by atoms with Gasteiger partial charge in [0.15, 0.2) is 0 Å². The molecule has 24 heavy (non-hydrogen) atoms.